The molecule has 29 heavy (non-hydrogen) atoms. The molecule has 0 saturated carbocycles. The Morgan fingerprint density at radius 3 is 2.07 bits per heavy atom. The van der Waals surface area contributed by atoms with Crippen LogP contribution in [-0.4, -0.2) is 24.0 Å². The van der Waals surface area contributed by atoms with Crippen LogP contribution in [-0.2, 0) is 10.2 Å². The van der Waals surface area contributed by atoms with Crippen molar-refractivity contribution in [2.45, 2.75) is 65.5 Å². The summed E-state index contributed by atoms with van der Waals surface area (Å²) in [7, 11) is 0. The van der Waals surface area contributed by atoms with Crippen LogP contribution in [0.25, 0.3) is 0 Å². The molecule has 0 spiro atoms. The van der Waals surface area contributed by atoms with E-state index in [4.69, 9.17) is 4.74 Å². The van der Waals surface area contributed by atoms with E-state index in [1.807, 2.05) is 38.1 Å². The van der Waals surface area contributed by atoms with Crippen molar-refractivity contribution in [3.05, 3.63) is 59.7 Å². The molecule has 0 aromatic heterocycles. The van der Waals surface area contributed by atoms with Gasteiger partial charge in [0, 0.05) is 17.3 Å². The molecule has 2 amide bonds. The van der Waals surface area contributed by atoms with Crippen molar-refractivity contribution >= 4 is 17.5 Å². The topological polar surface area (TPSA) is 67.4 Å². The van der Waals surface area contributed by atoms with Crippen LogP contribution in [0.2, 0.25) is 0 Å². The van der Waals surface area contributed by atoms with E-state index in [2.05, 4.69) is 31.4 Å². The van der Waals surface area contributed by atoms with Crippen molar-refractivity contribution in [2.75, 3.05) is 5.32 Å². The lowest BCUT2D eigenvalue weighted by Gasteiger charge is -2.20. The van der Waals surface area contributed by atoms with E-state index < -0.39 is 6.10 Å². The molecule has 2 unspecified atom stereocenters. The number of anilines is 1. The van der Waals surface area contributed by atoms with E-state index in [1.54, 1.807) is 31.2 Å². The molecular formula is C24H32N2O3. The first-order valence-electron chi connectivity index (χ1n) is 10.1. The average Bonchev–Trinajstić information content (AvgIpc) is 2.68. The van der Waals surface area contributed by atoms with Gasteiger partial charge in [-0.1, -0.05) is 39.8 Å². The van der Waals surface area contributed by atoms with Gasteiger partial charge in [0.15, 0.2) is 6.10 Å². The fraction of sp³-hybridized carbons (Fsp3) is 0.417. The normalized spacial score (nSPS) is 13.3. The highest BCUT2D eigenvalue weighted by molar-refractivity contribution is 5.96. The van der Waals surface area contributed by atoms with Crippen molar-refractivity contribution in [2.24, 2.45) is 0 Å². The maximum atomic E-state index is 12.4. The second-order valence-corrected chi connectivity index (χ2v) is 8.38. The molecule has 2 N–H and O–H groups in total. The summed E-state index contributed by atoms with van der Waals surface area (Å²) in [4.78, 5) is 24.6. The Bertz CT molecular complexity index is 821. The highest BCUT2D eigenvalue weighted by Gasteiger charge is 2.17. The van der Waals surface area contributed by atoms with Gasteiger partial charge in [-0.25, -0.2) is 0 Å². The van der Waals surface area contributed by atoms with Crippen LogP contribution in [0.5, 0.6) is 5.75 Å². The standard InChI is InChI=1S/C24H32N2O3/c1-7-16(2)25-23(28)18-8-12-20(13-9-18)26-22(27)17(3)29-21-14-10-19(11-15-21)24(4,5)6/h8-17H,7H2,1-6H3,(H,25,28)(H,26,27). The van der Waals surface area contributed by atoms with Crippen molar-refractivity contribution in [3.63, 3.8) is 0 Å². The molecule has 156 valence electrons. The molecule has 0 heterocycles. The summed E-state index contributed by atoms with van der Waals surface area (Å²) in [5.41, 5.74) is 2.46. The molecule has 0 aliphatic rings. The summed E-state index contributed by atoms with van der Waals surface area (Å²) < 4.78 is 5.76. The van der Waals surface area contributed by atoms with Crippen LogP contribution in [0.15, 0.2) is 48.5 Å². The average molecular weight is 397 g/mol. The van der Waals surface area contributed by atoms with E-state index in [1.165, 1.54) is 5.56 Å². The van der Waals surface area contributed by atoms with Gasteiger partial charge in [0.25, 0.3) is 11.8 Å². The molecule has 0 bridgehead atoms. The summed E-state index contributed by atoms with van der Waals surface area (Å²) >= 11 is 0. The fourth-order valence-electron chi connectivity index (χ4n) is 2.65. The number of hydrogen-bond acceptors (Lipinski definition) is 3. The van der Waals surface area contributed by atoms with Gasteiger partial charge in [-0.15, -0.1) is 0 Å². The van der Waals surface area contributed by atoms with E-state index >= 15 is 0 Å². The van der Waals surface area contributed by atoms with Gasteiger partial charge < -0.3 is 15.4 Å². The predicted octanol–water partition coefficient (Wildman–Crippen LogP) is 4.92. The number of hydrogen-bond donors (Lipinski definition) is 2. The summed E-state index contributed by atoms with van der Waals surface area (Å²) in [6, 6.07) is 14.8. The highest BCUT2D eigenvalue weighted by Crippen LogP contribution is 2.24. The van der Waals surface area contributed by atoms with Crippen LogP contribution in [0, 0.1) is 0 Å². The second kappa shape index (κ2) is 9.59. The van der Waals surface area contributed by atoms with E-state index in [0.29, 0.717) is 17.0 Å². The van der Waals surface area contributed by atoms with Gasteiger partial charge in [-0.3, -0.25) is 9.59 Å². The zero-order chi connectivity index (χ0) is 21.6. The Labute approximate surface area is 173 Å². The van der Waals surface area contributed by atoms with Crippen LogP contribution in [0.4, 0.5) is 5.69 Å². The van der Waals surface area contributed by atoms with Gasteiger partial charge >= 0.3 is 0 Å². The molecule has 2 rings (SSSR count). The Morgan fingerprint density at radius 2 is 1.55 bits per heavy atom. The van der Waals surface area contributed by atoms with Gasteiger partial charge in [0.2, 0.25) is 0 Å². The first-order chi connectivity index (χ1) is 13.6. The summed E-state index contributed by atoms with van der Waals surface area (Å²) in [5.74, 6) is 0.284. The number of carbonyl (C=O) groups excluding carboxylic acids is 2. The summed E-state index contributed by atoms with van der Waals surface area (Å²) in [6.45, 7) is 12.1. The van der Waals surface area contributed by atoms with Gasteiger partial charge in [-0.05, 0) is 67.6 Å². The highest BCUT2D eigenvalue weighted by atomic mass is 16.5. The molecule has 0 saturated heterocycles. The third-order valence-corrected chi connectivity index (χ3v) is 4.81. The molecule has 0 aliphatic heterocycles. The second-order valence-electron chi connectivity index (χ2n) is 8.38. The van der Waals surface area contributed by atoms with Gasteiger partial charge in [-0.2, -0.15) is 0 Å². The zero-order valence-electron chi connectivity index (χ0n) is 18.2. The minimum Gasteiger partial charge on any atom is -0.481 e. The Hall–Kier alpha value is -2.82. The van der Waals surface area contributed by atoms with E-state index in [0.717, 1.165) is 6.42 Å². The quantitative estimate of drug-likeness (QED) is 0.698. The minimum absolute atomic E-state index is 0.0686. The molecule has 0 fully saturated rings. The SMILES string of the molecule is CCC(C)NC(=O)c1ccc(NC(=O)C(C)Oc2ccc(C(C)(C)C)cc2)cc1. The van der Waals surface area contributed by atoms with Crippen LogP contribution in [0.1, 0.15) is 63.9 Å². The molecule has 5 nitrogen and oxygen atoms in total. The number of ether oxygens (including phenoxy) is 1. The van der Waals surface area contributed by atoms with Crippen LogP contribution < -0.4 is 15.4 Å². The number of rotatable bonds is 7. The Morgan fingerprint density at radius 1 is 0.966 bits per heavy atom. The third-order valence-electron chi connectivity index (χ3n) is 4.81. The van der Waals surface area contributed by atoms with Crippen molar-refractivity contribution in [1.29, 1.82) is 0 Å². The number of amides is 2. The molecule has 0 radical (unpaired) electrons. The van der Waals surface area contributed by atoms with Gasteiger partial charge in [0.05, 0.1) is 0 Å². The Balaban J connectivity index is 1.93. The number of benzene rings is 2. The monoisotopic (exact) mass is 396 g/mol. The molecule has 5 heteroatoms. The minimum atomic E-state index is -0.649. The summed E-state index contributed by atoms with van der Waals surface area (Å²) in [5, 5.41) is 5.74. The first kappa shape index (κ1) is 22.5. The lowest BCUT2D eigenvalue weighted by molar-refractivity contribution is -0.122. The smallest absolute Gasteiger partial charge is 0.265 e. The van der Waals surface area contributed by atoms with Crippen LogP contribution >= 0.6 is 0 Å². The van der Waals surface area contributed by atoms with E-state index in [-0.39, 0.29) is 23.3 Å². The van der Waals surface area contributed by atoms with Crippen molar-refractivity contribution in [3.8, 4) is 5.75 Å². The van der Waals surface area contributed by atoms with E-state index in [9.17, 15) is 9.59 Å². The third kappa shape index (κ3) is 6.63. The molecule has 0 aliphatic carbocycles. The lowest BCUT2D eigenvalue weighted by Crippen LogP contribution is -2.32. The fourth-order valence-corrected chi connectivity index (χ4v) is 2.65. The zero-order valence-corrected chi connectivity index (χ0v) is 18.2. The maximum absolute atomic E-state index is 12.4. The largest absolute Gasteiger partial charge is 0.481 e. The van der Waals surface area contributed by atoms with Gasteiger partial charge in [0.1, 0.15) is 5.75 Å². The summed E-state index contributed by atoms with van der Waals surface area (Å²) in [6.07, 6.45) is 0.223. The lowest BCUT2D eigenvalue weighted by atomic mass is 9.87. The molecule has 2 atom stereocenters. The first-order valence-corrected chi connectivity index (χ1v) is 10.1. The maximum Gasteiger partial charge on any atom is 0.265 e. The number of carbonyl (C=O) groups is 2. The van der Waals surface area contributed by atoms with Crippen molar-refractivity contribution < 1.29 is 14.3 Å². The molecule has 2 aromatic rings. The van der Waals surface area contributed by atoms with Crippen LogP contribution in [0.3, 0.4) is 0 Å². The van der Waals surface area contributed by atoms with Crippen molar-refractivity contribution in [1.82, 2.24) is 5.32 Å². The molecule has 2 aromatic carbocycles. The number of nitrogens with one attached hydrogen (secondary N) is 2. The Kier molecular flexibility index (Phi) is 7.43. The predicted molar refractivity (Wildman–Crippen MR) is 118 cm³/mol. The molecular weight excluding hydrogens is 364 g/mol.